The molecule has 0 bridgehead atoms. The van der Waals surface area contributed by atoms with Crippen LogP contribution >= 0.6 is 0 Å². The molecule has 0 spiro atoms. The number of aromatic nitrogens is 3. The molecule has 19 heavy (non-hydrogen) atoms. The van der Waals surface area contributed by atoms with Crippen LogP contribution in [-0.2, 0) is 6.54 Å². The van der Waals surface area contributed by atoms with Gasteiger partial charge >= 0.3 is 12.4 Å². The van der Waals surface area contributed by atoms with E-state index < -0.39 is 12.3 Å². The minimum absolute atomic E-state index is 0.0381. The Balaban J connectivity index is 2.06. The number of anilines is 2. The number of hydrogen-bond donors (Lipinski definition) is 1. The molecule has 2 rings (SSSR count). The highest BCUT2D eigenvalue weighted by atomic mass is 19.3. The molecule has 6 nitrogen and oxygen atoms in total. The van der Waals surface area contributed by atoms with Crippen LogP contribution in [0, 0.1) is 0 Å². The van der Waals surface area contributed by atoms with Gasteiger partial charge in [0.2, 0.25) is 0 Å². The summed E-state index contributed by atoms with van der Waals surface area (Å²) >= 11 is 0. The topological polar surface area (TPSA) is 67.1 Å². The second kappa shape index (κ2) is 5.59. The van der Waals surface area contributed by atoms with E-state index in [0.717, 1.165) is 11.4 Å². The second-order valence-corrected chi connectivity index (χ2v) is 3.98. The fourth-order valence-electron chi connectivity index (χ4n) is 1.54. The van der Waals surface area contributed by atoms with Gasteiger partial charge in [0, 0.05) is 32.4 Å². The molecule has 2 aromatic heterocycles. The molecule has 0 aliphatic rings. The van der Waals surface area contributed by atoms with Crippen molar-refractivity contribution in [1.29, 1.82) is 0 Å². The van der Waals surface area contributed by atoms with Crippen LogP contribution < -0.4 is 10.2 Å². The SMILES string of the molecule is CN(C)c1ncccc1CNc1nnc(C(F)F)o1. The molecule has 0 amide bonds. The van der Waals surface area contributed by atoms with E-state index in [9.17, 15) is 8.78 Å². The van der Waals surface area contributed by atoms with Crippen molar-refractivity contribution in [3.05, 3.63) is 29.8 Å². The van der Waals surface area contributed by atoms with Gasteiger partial charge in [-0.15, -0.1) is 5.10 Å². The molecule has 0 fully saturated rings. The van der Waals surface area contributed by atoms with E-state index >= 15 is 0 Å². The Kier molecular flexibility index (Phi) is 3.88. The summed E-state index contributed by atoms with van der Waals surface area (Å²) in [6.45, 7) is 0.353. The van der Waals surface area contributed by atoms with E-state index in [1.807, 2.05) is 25.1 Å². The fourth-order valence-corrected chi connectivity index (χ4v) is 1.54. The Labute approximate surface area is 108 Å². The highest BCUT2D eigenvalue weighted by Gasteiger charge is 2.16. The lowest BCUT2D eigenvalue weighted by Gasteiger charge is -2.15. The van der Waals surface area contributed by atoms with E-state index in [-0.39, 0.29) is 6.01 Å². The van der Waals surface area contributed by atoms with Gasteiger partial charge in [0.15, 0.2) is 0 Å². The molecule has 8 heteroatoms. The molecule has 0 saturated carbocycles. The van der Waals surface area contributed by atoms with Gasteiger partial charge < -0.3 is 14.6 Å². The number of halogens is 2. The number of pyridine rings is 1. The van der Waals surface area contributed by atoms with Crippen molar-refractivity contribution in [2.75, 3.05) is 24.3 Å². The van der Waals surface area contributed by atoms with Gasteiger partial charge in [-0.05, 0) is 6.07 Å². The third kappa shape index (κ3) is 3.15. The number of alkyl halides is 2. The van der Waals surface area contributed by atoms with E-state index in [0.29, 0.717) is 6.54 Å². The molecule has 2 aromatic rings. The van der Waals surface area contributed by atoms with Crippen molar-refractivity contribution in [3.63, 3.8) is 0 Å². The number of nitrogens with one attached hydrogen (secondary N) is 1. The lowest BCUT2D eigenvalue weighted by molar-refractivity contribution is 0.116. The maximum atomic E-state index is 12.3. The molecule has 0 aliphatic carbocycles. The first-order valence-corrected chi connectivity index (χ1v) is 5.54. The van der Waals surface area contributed by atoms with Crippen LogP contribution in [0.3, 0.4) is 0 Å². The van der Waals surface area contributed by atoms with E-state index in [1.165, 1.54) is 0 Å². The predicted octanol–water partition coefficient (Wildman–Crippen LogP) is 2.08. The van der Waals surface area contributed by atoms with Crippen molar-refractivity contribution in [2.24, 2.45) is 0 Å². The van der Waals surface area contributed by atoms with Crippen LogP contribution in [0.2, 0.25) is 0 Å². The zero-order valence-corrected chi connectivity index (χ0v) is 10.5. The maximum Gasteiger partial charge on any atom is 0.315 e. The van der Waals surface area contributed by atoms with Gasteiger partial charge in [-0.25, -0.2) is 4.98 Å². The number of nitrogens with zero attached hydrogens (tertiary/aromatic N) is 4. The van der Waals surface area contributed by atoms with Gasteiger partial charge in [0.1, 0.15) is 5.82 Å². The second-order valence-electron chi connectivity index (χ2n) is 3.98. The Hall–Kier alpha value is -2.25. The lowest BCUT2D eigenvalue weighted by atomic mass is 10.2. The molecule has 0 saturated heterocycles. The molecule has 0 radical (unpaired) electrons. The summed E-state index contributed by atoms with van der Waals surface area (Å²) < 4.78 is 29.3. The Morgan fingerprint density at radius 1 is 1.37 bits per heavy atom. The number of hydrogen-bond acceptors (Lipinski definition) is 6. The molecule has 0 aliphatic heterocycles. The minimum Gasteiger partial charge on any atom is -0.402 e. The largest absolute Gasteiger partial charge is 0.402 e. The molecule has 0 unspecified atom stereocenters. The summed E-state index contributed by atoms with van der Waals surface area (Å²) in [6.07, 6.45) is -1.08. The monoisotopic (exact) mass is 269 g/mol. The van der Waals surface area contributed by atoms with Crippen LogP contribution in [0.15, 0.2) is 22.7 Å². The number of rotatable bonds is 5. The van der Waals surface area contributed by atoms with Crippen molar-refractivity contribution < 1.29 is 13.2 Å². The first-order chi connectivity index (χ1) is 9.08. The van der Waals surface area contributed by atoms with E-state index in [1.54, 1.807) is 12.3 Å². The van der Waals surface area contributed by atoms with Gasteiger partial charge in [0.05, 0.1) is 0 Å². The summed E-state index contributed by atoms with van der Waals surface area (Å²) in [6, 6.07) is 3.63. The Morgan fingerprint density at radius 2 is 2.16 bits per heavy atom. The third-order valence-electron chi connectivity index (χ3n) is 2.35. The van der Waals surface area contributed by atoms with Crippen molar-refractivity contribution >= 4 is 11.8 Å². The summed E-state index contributed by atoms with van der Waals surface area (Å²) in [5.41, 5.74) is 0.893. The third-order valence-corrected chi connectivity index (χ3v) is 2.35. The highest BCUT2D eigenvalue weighted by molar-refractivity contribution is 5.46. The normalized spacial score (nSPS) is 10.8. The Bertz CT molecular complexity index is 543. The quantitative estimate of drug-likeness (QED) is 0.896. The van der Waals surface area contributed by atoms with Crippen molar-refractivity contribution in [1.82, 2.24) is 15.2 Å². The van der Waals surface area contributed by atoms with E-state index in [4.69, 9.17) is 4.42 Å². The summed E-state index contributed by atoms with van der Waals surface area (Å²) in [5.74, 6) is 0.0881. The average Bonchev–Trinajstić information content (AvgIpc) is 2.85. The van der Waals surface area contributed by atoms with Crippen LogP contribution in [0.25, 0.3) is 0 Å². The van der Waals surface area contributed by atoms with Crippen LogP contribution in [-0.4, -0.2) is 29.3 Å². The van der Waals surface area contributed by atoms with Gasteiger partial charge in [-0.1, -0.05) is 11.2 Å². The first kappa shape index (κ1) is 13.2. The minimum atomic E-state index is -2.77. The average molecular weight is 269 g/mol. The standard InChI is InChI=1S/C11H13F2N5O/c1-18(2)9-7(4-3-5-14-9)6-15-11-17-16-10(19-11)8(12)13/h3-5,8H,6H2,1-2H3,(H,15,17). The summed E-state index contributed by atoms with van der Waals surface area (Å²) in [4.78, 5) is 6.08. The van der Waals surface area contributed by atoms with Crippen LogP contribution in [0.1, 0.15) is 17.9 Å². The zero-order chi connectivity index (χ0) is 13.8. The molecular weight excluding hydrogens is 256 g/mol. The molecule has 0 atom stereocenters. The highest BCUT2D eigenvalue weighted by Crippen LogP contribution is 2.20. The smallest absolute Gasteiger partial charge is 0.315 e. The zero-order valence-electron chi connectivity index (χ0n) is 10.5. The van der Waals surface area contributed by atoms with Crippen LogP contribution in [0.4, 0.5) is 20.6 Å². The summed E-state index contributed by atoms with van der Waals surface area (Å²) in [7, 11) is 3.74. The van der Waals surface area contributed by atoms with Crippen molar-refractivity contribution in [2.45, 2.75) is 13.0 Å². The molecule has 102 valence electrons. The van der Waals surface area contributed by atoms with Crippen LogP contribution in [0.5, 0.6) is 0 Å². The van der Waals surface area contributed by atoms with Gasteiger partial charge in [0.25, 0.3) is 5.89 Å². The molecular formula is C11H13F2N5O. The van der Waals surface area contributed by atoms with E-state index in [2.05, 4.69) is 20.5 Å². The maximum absolute atomic E-state index is 12.3. The lowest BCUT2D eigenvalue weighted by Crippen LogP contribution is -2.14. The van der Waals surface area contributed by atoms with Gasteiger partial charge in [-0.2, -0.15) is 8.78 Å². The molecule has 2 heterocycles. The first-order valence-electron chi connectivity index (χ1n) is 5.54. The van der Waals surface area contributed by atoms with Crippen molar-refractivity contribution in [3.8, 4) is 0 Å². The molecule has 1 N–H and O–H groups in total. The Morgan fingerprint density at radius 3 is 2.79 bits per heavy atom. The van der Waals surface area contributed by atoms with Gasteiger partial charge in [-0.3, -0.25) is 0 Å². The molecule has 0 aromatic carbocycles. The summed E-state index contributed by atoms with van der Waals surface area (Å²) in [5, 5.41) is 9.51. The predicted molar refractivity (Wildman–Crippen MR) is 65.1 cm³/mol. The fraction of sp³-hybridized carbons (Fsp3) is 0.364.